The maximum Gasteiger partial charge on any atom is 0.459 e. The second-order valence-corrected chi connectivity index (χ2v) is 12.6. The van der Waals surface area contributed by atoms with Crippen molar-refractivity contribution in [1.82, 2.24) is 24.6 Å². The van der Waals surface area contributed by atoms with Crippen molar-refractivity contribution in [3.63, 3.8) is 0 Å². The molecule has 3 aromatic rings. The molecule has 1 saturated heterocycles. The van der Waals surface area contributed by atoms with Crippen LogP contribution in [0.1, 0.15) is 46.8 Å². The molecule has 228 valence electrons. The van der Waals surface area contributed by atoms with Crippen molar-refractivity contribution in [2.24, 2.45) is 0 Å². The van der Waals surface area contributed by atoms with Crippen molar-refractivity contribution in [1.29, 1.82) is 0 Å². The number of nitrogens with zero attached hydrogens (tertiary/aromatic N) is 4. The molecule has 6 N–H and O–H groups in total. The number of nitrogen functional groups attached to an aromatic ring is 1. The van der Waals surface area contributed by atoms with Crippen LogP contribution in [-0.2, 0) is 23.4 Å². The summed E-state index contributed by atoms with van der Waals surface area (Å²) in [6.07, 6.45) is -0.792. The quantitative estimate of drug-likeness (QED) is 0.148. The van der Waals surface area contributed by atoms with E-state index in [0.29, 0.717) is 17.0 Å². The molecule has 0 radical (unpaired) electrons. The Hall–Kier alpha value is -3.33. The average Bonchev–Trinajstić information content (AvgIpc) is 3.59. The summed E-state index contributed by atoms with van der Waals surface area (Å²) in [5.74, 6) is 0.0235. The van der Waals surface area contributed by atoms with E-state index < -0.39 is 56.5 Å². The summed E-state index contributed by atoms with van der Waals surface area (Å²) in [6, 6.07) is 7.47. The molecule has 2 aromatic heterocycles. The van der Waals surface area contributed by atoms with Crippen LogP contribution in [0.25, 0.3) is 11.2 Å². The number of nitrogens with two attached hydrogens (primary N) is 1. The number of aliphatic hydroxyl groups excluding tert-OH is 1. The topological polar surface area (TPSA) is 205 Å². The van der Waals surface area contributed by atoms with Crippen LogP contribution in [-0.4, -0.2) is 78.3 Å². The highest BCUT2D eigenvalue weighted by Gasteiger charge is 2.54. The minimum Gasteiger partial charge on any atom is -0.462 e. The van der Waals surface area contributed by atoms with Gasteiger partial charge in [-0.25, -0.2) is 9.55 Å². The van der Waals surface area contributed by atoms with E-state index in [2.05, 4.69) is 25.4 Å². The molecule has 2 aliphatic rings. The largest absolute Gasteiger partial charge is 0.462 e. The molecule has 0 bridgehead atoms. The third-order valence-corrected chi connectivity index (χ3v) is 8.44. The number of hydrogen-bond donors (Lipinski definition) is 5. The first-order chi connectivity index (χ1) is 19.9. The number of imidazole rings is 1. The van der Waals surface area contributed by atoms with Crippen molar-refractivity contribution in [2.75, 3.05) is 17.7 Å². The Morgan fingerprint density at radius 1 is 1.26 bits per heavy atom. The lowest BCUT2D eigenvalue weighted by atomic mass is 9.96. The summed E-state index contributed by atoms with van der Waals surface area (Å²) in [6.45, 7) is 5.76. The summed E-state index contributed by atoms with van der Waals surface area (Å²) in [7, 11) is -4.24. The van der Waals surface area contributed by atoms with E-state index in [9.17, 15) is 19.6 Å². The van der Waals surface area contributed by atoms with E-state index in [1.807, 2.05) is 0 Å². The van der Waals surface area contributed by atoms with Gasteiger partial charge in [0.1, 0.15) is 29.6 Å². The Morgan fingerprint density at radius 3 is 2.64 bits per heavy atom. The van der Waals surface area contributed by atoms with Gasteiger partial charge in [-0.1, -0.05) is 18.2 Å². The summed E-state index contributed by atoms with van der Waals surface area (Å²) in [4.78, 5) is 25.4. The van der Waals surface area contributed by atoms with Crippen LogP contribution in [0.5, 0.6) is 5.75 Å². The van der Waals surface area contributed by atoms with E-state index in [1.165, 1.54) is 24.7 Å². The molecule has 3 heterocycles. The second kappa shape index (κ2) is 11.7. The molecule has 1 aliphatic carbocycles. The van der Waals surface area contributed by atoms with Gasteiger partial charge >= 0.3 is 13.7 Å². The minimum absolute atomic E-state index is 0.000610. The zero-order valence-corrected chi connectivity index (χ0v) is 24.6. The van der Waals surface area contributed by atoms with E-state index in [4.69, 9.17) is 24.3 Å². The fraction of sp³-hybridized carbons (Fsp3) is 0.538. The summed E-state index contributed by atoms with van der Waals surface area (Å²) < 4.78 is 37.9. The predicted molar refractivity (Wildman–Crippen MR) is 151 cm³/mol. The van der Waals surface area contributed by atoms with Crippen molar-refractivity contribution in [3.8, 4) is 5.75 Å². The van der Waals surface area contributed by atoms with Gasteiger partial charge < -0.3 is 35.3 Å². The SMILES string of the molecule is CC(C)OC(=O)[C@H](C)N[P@@](=O)(OC[C@H]1O[C@@H](n2cnc3c(NC4CC4)nc(N)nc32)[C@](C)(O)[C@@H]1O)Oc1ccccc1. The molecule has 0 unspecified atom stereocenters. The fourth-order valence-electron chi connectivity index (χ4n) is 4.51. The third-order valence-electron chi connectivity index (χ3n) is 6.80. The van der Waals surface area contributed by atoms with Gasteiger partial charge in [-0.2, -0.15) is 15.1 Å². The van der Waals surface area contributed by atoms with Crippen LogP contribution in [0.4, 0.5) is 11.8 Å². The number of aliphatic hydroxyl groups is 2. The molecular weight excluding hydrogens is 569 g/mol. The van der Waals surface area contributed by atoms with Crippen LogP contribution in [0.3, 0.4) is 0 Å². The Kier molecular flexibility index (Phi) is 8.43. The molecule has 6 atom stereocenters. The van der Waals surface area contributed by atoms with Gasteiger partial charge in [-0.3, -0.25) is 13.9 Å². The molecule has 15 nitrogen and oxygen atoms in total. The molecule has 42 heavy (non-hydrogen) atoms. The molecule has 2 fully saturated rings. The number of fused-ring (bicyclic) bond motifs is 1. The van der Waals surface area contributed by atoms with Crippen LogP contribution >= 0.6 is 7.75 Å². The standard InChI is InChI=1S/C26H36N7O8P/c1-14(2)39-23(35)15(3)32-42(37,41-17-8-6-5-7-9-17)38-12-18-20(34)26(4,36)24(40-18)33-13-28-19-21(29-16-10-11-16)30-25(27)31-22(19)33/h5-9,13-16,18,20,24,34,36H,10-12H2,1-4H3,(H,32,37)(H3,27,29,30,31)/t15-,18+,20+,24+,26+,42+/m0/s1. The number of esters is 1. The first kappa shape index (κ1) is 30.1. The minimum atomic E-state index is -4.24. The number of anilines is 2. The first-order valence-electron chi connectivity index (χ1n) is 13.7. The average molecular weight is 606 g/mol. The Balaban J connectivity index is 1.36. The van der Waals surface area contributed by atoms with Gasteiger partial charge in [0.25, 0.3) is 0 Å². The molecule has 0 amide bonds. The summed E-state index contributed by atoms with van der Waals surface area (Å²) >= 11 is 0. The van der Waals surface area contributed by atoms with E-state index in [-0.39, 0.29) is 17.7 Å². The van der Waals surface area contributed by atoms with Gasteiger partial charge in [0.15, 0.2) is 23.2 Å². The zero-order chi connectivity index (χ0) is 30.2. The number of ether oxygens (including phenoxy) is 2. The number of aromatic nitrogens is 4. The monoisotopic (exact) mass is 605 g/mol. The van der Waals surface area contributed by atoms with Crippen LogP contribution < -0.4 is 20.7 Å². The maximum atomic E-state index is 13.8. The maximum absolute atomic E-state index is 13.8. The van der Waals surface area contributed by atoms with Crippen molar-refractivity contribution < 1.29 is 38.1 Å². The number of para-hydroxylation sites is 1. The van der Waals surface area contributed by atoms with E-state index in [1.54, 1.807) is 44.2 Å². The third kappa shape index (κ3) is 6.51. The lowest BCUT2D eigenvalue weighted by Gasteiger charge is -2.27. The molecule has 5 rings (SSSR count). The van der Waals surface area contributed by atoms with Gasteiger partial charge in [-0.05, 0) is 52.7 Å². The molecule has 1 saturated carbocycles. The lowest BCUT2D eigenvalue weighted by molar-refractivity contribution is -0.149. The zero-order valence-electron chi connectivity index (χ0n) is 23.7. The number of carbonyl (C=O) groups is 1. The highest BCUT2D eigenvalue weighted by molar-refractivity contribution is 7.52. The summed E-state index contributed by atoms with van der Waals surface area (Å²) in [5, 5.41) is 28.3. The van der Waals surface area contributed by atoms with Crippen LogP contribution in [0.2, 0.25) is 0 Å². The van der Waals surface area contributed by atoms with Gasteiger partial charge in [0.05, 0.1) is 19.0 Å². The molecule has 16 heteroatoms. The number of benzene rings is 1. The predicted octanol–water partition coefficient (Wildman–Crippen LogP) is 2.13. The van der Waals surface area contributed by atoms with E-state index in [0.717, 1.165) is 12.8 Å². The fourth-order valence-corrected chi connectivity index (χ4v) is 6.01. The van der Waals surface area contributed by atoms with Crippen molar-refractivity contribution >= 4 is 36.6 Å². The summed E-state index contributed by atoms with van der Waals surface area (Å²) in [5.41, 5.74) is 4.83. The highest BCUT2D eigenvalue weighted by Crippen LogP contribution is 2.47. The van der Waals surface area contributed by atoms with Gasteiger partial charge in [0.2, 0.25) is 5.95 Å². The Labute approximate surface area is 242 Å². The second-order valence-electron chi connectivity index (χ2n) is 10.9. The van der Waals surface area contributed by atoms with Crippen molar-refractivity contribution in [3.05, 3.63) is 36.7 Å². The smallest absolute Gasteiger partial charge is 0.459 e. The van der Waals surface area contributed by atoms with Gasteiger partial charge in [-0.15, -0.1) is 0 Å². The number of rotatable bonds is 12. The van der Waals surface area contributed by atoms with Crippen molar-refractivity contribution in [2.45, 2.75) is 82.8 Å². The van der Waals surface area contributed by atoms with Crippen LogP contribution in [0, 0.1) is 0 Å². The first-order valence-corrected chi connectivity index (χ1v) is 15.2. The Morgan fingerprint density at radius 2 is 1.98 bits per heavy atom. The number of nitrogens with one attached hydrogen (secondary N) is 2. The molecule has 1 aliphatic heterocycles. The molecule has 0 spiro atoms. The molecular formula is C26H36N7O8P. The normalized spacial score (nSPS) is 26.2. The molecule has 1 aromatic carbocycles. The van der Waals surface area contributed by atoms with Crippen LogP contribution in [0.15, 0.2) is 36.7 Å². The number of carbonyl (C=O) groups excluding carboxylic acids is 1. The lowest BCUT2D eigenvalue weighted by Crippen LogP contribution is -2.44. The van der Waals surface area contributed by atoms with Gasteiger partial charge in [0, 0.05) is 6.04 Å². The number of hydrogen-bond acceptors (Lipinski definition) is 13. The Bertz CT molecular complexity index is 1470. The highest BCUT2D eigenvalue weighted by atomic mass is 31.2. The van der Waals surface area contributed by atoms with E-state index >= 15 is 0 Å².